The molecule has 2 rings (SSSR count). The van der Waals surface area contributed by atoms with Crippen molar-refractivity contribution in [2.45, 2.75) is 31.0 Å². The molecule has 0 aromatic carbocycles. The summed E-state index contributed by atoms with van der Waals surface area (Å²) in [5.74, 6) is 0. The first-order valence-electron chi connectivity index (χ1n) is 5.32. The summed E-state index contributed by atoms with van der Waals surface area (Å²) >= 11 is 0. The van der Waals surface area contributed by atoms with E-state index in [-0.39, 0.29) is 0 Å². The number of rotatable bonds is 2. The van der Waals surface area contributed by atoms with Crippen LogP contribution in [-0.2, 0) is 4.74 Å². The lowest BCUT2D eigenvalue weighted by molar-refractivity contribution is -0.0611. The molecule has 0 spiro atoms. The SMILES string of the molecule is C[C@@]1(F)[C@@H](O)[C@@H](CO)O[C@H]1n1ccc(=O)[nH]c1=O. The molecule has 100 valence electrons. The van der Waals surface area contributed by atoms with Crippen molar-refractivity contribution in [3.8, 4) is 0 Å². The second-order valence-corrected chi connectivity index (χ2v) is 4.32. The molecule has 1 aliphatic rings. The molecular weight excluding hydrogens is 247 g/mol. The molecule has 0 bridgehead atoms. The lowest BCUT2D eigenvalue weighted by atomic mass is 9.98. The average molecular weight is 260 g/mol. The number of hydrogen-bond donors (Lipinski definition) is 3. The maximum Gasteiger partial charge on any atom is 0.330 e. The minimum absolute atomic E-state index is 0.574. The summed E-state index contributed by atoms with van der Waals surface area (Å²) in [5.41, 5.74) is -3.72. The van der Waals surface area contributed by atoms with Gasteiger partial charge in [-0.15, -0.1) is 0 Å². The van der Waals surface area contributed by atoms with Crippen molar-refractivity contribution in [1.29, 1.82) is 0 Å². The van der Waals surface area contributed by atoms with E-state index in [4.69, 9.17) is 9.84 Å². The van der Waals surface area contributed by atoms with Gasteiger partial charge in [0, 0.05) is 12.3 Å². The fourth-order valence-electron chi connectivity index (χ4n) is 1.97. The Hall–Kier alpha value is -1.51. The Kier molecular flexibility index (Phi) is 3.09. The van der Waals surface area contributed by atoms with Crippen LogP contribution < -0.4 is 11.2 Å². The van der Waals surface area contributed by atoms with E-state index >= 15 is 0 Å². The monoisotopic (exact) mass is 260 g/mol. The van der Waals surface area contributed by atoms with E-state index in [9.17, 15) is 19.1 Å². The van der Waals surface area contributed by atoms with Crippen molar-refractivity contribution in [1.82, 2.24) is 9.55 Å². The molecule has 0 radical (unpaired) electrons. The molecule has 0 amide bonds. The second kappa shape index (κ2) is 4.30. The van der Waals surface area contributed by atoms with Gasteiger partial charge in [0.05, 0.1) is 6.61 Å². The minimum Gasteiger partial charge on any atom is -0.394 e. The fourth-order valence-corrected chi connectivity index (χ4v) is 1.97. The van der Waals surface area contributed by atoms with Crippen molar-refractivity contribution in [2.75, 3.05) is 6.61 Å². The van der Waals surface area contributed by atoms with Crippen LogP contribution in [0.4, 0.5) is 4.39 Å². The Morgan fingerprint density at radius 1 is 1.61 bits per heavy atom. The molecule has 0 aliphatic carbocycles. The van der Waals surface area contributed by atoms with Crippen LogP contribution in [0.2, 0.25) is 0 Å². The number of H-pyrrole nitrogens is 1. The normalized spacial score (nSPS) is 35.9. The lowest BCUT2D eigenvalue weighted by Gasteiger charge is -2.24. The predicted octanol–water partition coefficient (Wildman–Crippen LogP) is -1.48. The van der Waals surface area contributed by atoms with Crippen molar-refractivity contribution in [3.63, 3.8) is 0 Å². The van der Waals surface area contributed by atoms with Gasteiger partial charge in [0.15, 0.2) is 11.9 Å². The molecule has 4 atom stereocenters. The number of alkyl halides is 1. The van der Waals surface area contributed by atoms with Crippen LogP contribution in [-0.4, -0.2) is 44.2 Å². The molecule has 0 unspecified atom stereocenters. The Labute approximate surface area is 100 Å². The molecule has 1 saturated heterocycles. The maximum atomic E-state index is 14.3. The van der Waals surface area contributed by atoms with Gasteiger partial charge in [0.2, 0.25) is 0 Å². The maximum absolute atomic E-state index is 14.3. The molecule has 18 heavy (non-hydrogen) atoms. The quantitative estimate of drug-likeness (QED) is 0.601. The van der Waals surface area contributed by atoms with Gasteiger partial charge in [-0.2, -0.15) is 0 Å². The van der Waals surface area contributed by atoms with Gasteiger partial charge >= 0.3 is 5.69 Å². The summed E-state index contributed by atoms with van der Waals surface area (Å²) in [5, 5.41) is 18.6. The number of aliphatic hydroxyl groups excluding tert-OH is 2. The van der Waals surface area contributed by atoms with Gasteiger partial charge in [-0.3, -0.25) is 14.3 Å². The lowest BCUT2D eigenvalue weighted by Crippen LogP contribution is -2.43. The van der Waals surface area contributed by atoms with E-state index in [2.05, 4.69) is 0 Å². The van der Waals surface area contributed by atoms with Crippen LogP contribution in [0.25, 0.3) is 0 Å². The topological polar surface area (TPSA) is 105 Å². The second-order valence-electron chi connectivity index (χ2n) is 4.32. The Balaban J connectivity index is 2.45. The highest BCUT2D eigenvalue weighted by Gasteiger charge is 2.54. The van der Waals surface area contributed by atoms with Crippen LogP contribution in [0.1, 0.15) is 13.2 Å². The van der Waals surface area contributed by atoms with E-state index < -0.39 is 42.0 Å². The highest BCUT2D eigenvalue weighted by molar-refractivity contribution is 5.01. The highest BCUT2D eigenvalue weighted by Crippen LogP contribution is 2.40. The average Bonchev–Trinajstić information content (AvgIpc) is 2.52. The summed E-state index contributed by atoms with van der Waals surface area (Å²) in [4.78, 5) is 24.4. The summed E-state index contributed by atoms with van der Waals surface area (Å²) in [6.45, 7) is 0.491. The Bertz CT molecular complexity index is 552. The zero-order chi connectivity index (χ0) is 13.5. The third-order valence-electron chi connectivity index (χ3n) is 3.00. The van der Waals surface area contributed by atoms with E-state index in [1.54, 1.807) is 0 Å². The van der Waals surface area contributed by atoms with E-state index in [1.165, 1.54) is 0 Å². The van der Waals surface area contributed by atoms with Gasteiger partial charge in [0.1, 0.15) is 12.2 Å². The standard InChI is InChI=1S/C10H13FN2O5/c1-10(11)7(16)5(4-14)18-8(10)13-3-2-6(15)12-9(13)17/h2-3,5,7-8,14,16H,4H2,1H3,(H,12,15,17)/t5-,7+,8-,10-/m1/s1. The molecule has 1 aromatic heterocycles. The van der Waals surface area contributed by atoms with Gasteiger partial charge in [-0.05, 0) is 6.92 Å². The number of hydrogen-bond acceptors (Lipinski definition) is 5. The summed E-state index contributed by atoms with van der Waals surface area (Å²) in [6, 6.07) is 1.04. The first kappa shape index (κ1) is 12.9. The zero-order valence-electron chi connectivity index (χ0n) is 9.54. The molecular formula is C10H13FN2O5. The van der Waals surface area contributed by atoms with E-state index in [0.29, 0.717) is 0 Å². The van der Waals surface area contributed by atoms with Gasteiger partial charge in [0.25, 0.3) is 5.56 Å². The Morgan fingerprint density at radius 3 is 2.78 bits per heavy atom. The molecule has 7 nitrogen and oxygen atoms in total. The van der Waals surface area contributed by atoms with Crippen molar-refractivity contribution in [3.05, 3.63) is 33.1 Å². The number of ether oxygens (including phenoxy) is 1. The molecule has 1 fully saturated rings. The fraction of sp³-hybridized carbons (Fsp3) is 0.600. The molecule has 1 aliphatic heterocycles. The van der Waals surface area contributed by atoms with Crippen molar-refractivity contribution in [2.24, 2.45) is 0 Å². The van der Waals surface area contributed by atoms with Crippen LogP contribution in [0.3, 0.4) is 0 Å². The van der Waals surface area contributed by atoms with Gasteiger partial charge in [-0.25, -0.2) is 9.18 Å². The van der Waals surface area contributed by atoms with Crippen LogP contribution in [0, 0.1) is 0 Å². The third-order valence-corrected chi connectivity index (χ3v) is 3.00. The number of aromatic amines is 1. The first-order chi connectivity index (χ1) is 8.37. The van der Waals surface area contributed by atoms with Crippen LogP contribution >= 0.6 is 0 Å². The minimum atomic E-state index is -2.25. The number of aliphatic hydroxyl groups is 2. The van der Waals surface area contributed by atoms with Crippen LogP contribution in [0.5, 0.6) is 0 Å². The molecule has 3 N–H and O–H groups in total. The molecule has 0 saturated carbocycles. The Morgan fingerprint density at radius 2 is 2.28 bits per heavy atom. The van der Waals surface area contributed by atoms with Gasteiger partial charge in [-0.1, -0.05) is 0 Å². The largest absolute Gasteiger partial charge is 0.394 e. The molecule has 8 heteroatoms. The van der Waals surface area contributed by atoms with Crippen LogP contribution in [0.15, 0.2) is 21.9 Å². The van der Waals surface area contributed by atoms with E-state index in [0.717, 1.165) is 23.8 Å². The highest BCUT2D eigenvalue weighted by atomic mass is 19.1. The zero-order valence-corrected chi connectivity index (χ0v) is 9.54. The van der Waals surface area contributed by atoms with E-state index in [1.807, 2.05) is 4.98 Å². The predicted molar refractivity (Wildman–Crippen MR) is 57.8 cm³/mol. The number of nitrogens with one attached hydrogen (secondary N) is 1. The number of aromatic nitrogens is 2. The molecule has 2 heterocycles. The summed E-state index contributed by atoms with van der Waals surface area (Å²) < 4.78 is 20.3. The summed E-state index contributed by atoms with van der Waals surface area (Å²) in [6.07, 6.45) is -3.01. The van der Waals surface area contributed by atoms with Gasteiger partial charge < -0.3 is 14.9 Å². The summed E-state index contributed by atoms with van der Waals surface area (Å²) in [7, 11) is 0. The molecule has 1 aromatic rings. The van der Waals surface area contributed by atoms with Crippen molar-refractivity contribution >= 4 is 0 Å². The first-order valence-corrected chi connectivity index (χ1v) is 5.32. The smallest absolute Gasteiger partial charge is 0.330 e. The number of nitrogens with zero attached hydrogens (tertiary/aromatic N) is 1. The number of halogens is 1. The van der Waals surface area contributed by atoms with Crippen molar-refractivity contribution < 1.29 is 19.3 Å². The third kappa shape index (κ3) is 1.88.